The van der Waals surface area contributed by atoms with Crippen LogP contribution in [0.1, 0.15) is 47.4 Å². The van der Waals surface area contributed by atoms with Gasteiger partial charge >= 0.3 is 0 Å². The summed E-state index contributed by atoms with van der Waals surface area (Å²) in [5.41, 5.74) is 2.72. The van der Waals surface area contributed by atoms with Crippen molar-refractivity contribution in [2.24, 2.45) is 0 Å². The Bertz CT molecular complexity index is 925. The molecule has 0 radical (unpaired) electrons. The van der Waals surface area contributed by atoms with Gasteiger partial charge in [-0.2, -0.15) is 0 Å². The minimum Gasteiger partial charge on any atom is -0.493 e. The summed E-state index contributed by atoms with van der Waals surface area (Å²) in [4.78, 5) is 22.3. The van der Waals surface area contributed by atoms with Crippen LogP contribution in [0.25, 0.3) is 0 Å². The van der Waals surface area contributed by atoms with Crippen molar-refractivity contribution in [1.82, 2.24) is 14.8 Å². The summed E-state index contributed by atoms with van der Waals surface area (Å²) in [5, 5.41) is 3.32. The van der Waals surface area contributed by atoms with Gasteiger partial charge < -0.3 is 14.4 Å². The summed E-state index contributed by atoms with van der Waals surface area (Å²) >= 11 is 1.73. The molecule has 0 spiro atoms. The molecule has 1 aromatic heterocycles. The lowest BCUT2D eigenvalue weighted by Crippen LogP contribution is -2.48. The summed E-state index contributed by atoms with van der Waals surface area (Å²) in [6.45, 7) is 14.3. The Morgan fingerprint density at radius 2 is 1.90 bits per heavy atom. The molecule has 31 heavy (non-hydrogen) atoms. The molecule has 0 N–H and O–H groups in total. The first-order valence-corrected chi connectivity index (χ1v) is 11.5. The molecule has 0 atom stereocenters. The van der Waals surface area contributed by atoms with Crippen molar-refractivity contribution in [3.8, 4) is 11.5 Å². The van der Waals surface area contributed by atoms with Crippen LogP contribution < -0.4 is 9.47 Å². The van der Waals surface area contributed by atoms with E-state index in [1.54, 1.807) is 37.7 Å². The first kappa shape index (κ1) is 23.3. The van der Waals surface area contributed by atoms with Gasteiger partial charge in [0, 0.05) is 54.6 Å². The molecule has 3 rings (SSSR count). The zero-order valence-corrected chi connectivity index (χ0v) is 20.1. The third-order valence-electron chi connectivity index (χ3n) is 5.41. The summed E-state index contributed by atoms with van der Waals surface area (Å²) in [6.07, 6.45) is 2.41. The monoisotopic (exact) mass is 443 g/mol. The Balaban J connectivity index is 1.65. The Hall–Kier alpha value is -2.38. The van der Waals surface area contributed by atoms with Crippen molar-refractivity contribution in [3.63, 3.8) is 0 Å². The zero-order valence-electron chi connectivity index (χ0n) is 19.2. The number of methoxy groups -OCH3 is 2. The van der Waals surface area contributed by atoms with Gasteiger partial charge in [0.25, 0.3) is 5.91 Å². The van der Waals surface area contributed by atoms with Crippen molar-refractivity contribution >= 4 is 17.2 Å². The number of benzene rings is 1. The van der Waals surface area contributed by atoms with Gasteiger partial charge in [-0.1, -0.05) is 26.8 Å². The molecule has 2 heterocycles. The molecule has 1 amide bonds. The van der Waals surface area contributed by atoms with E-state index in [9.17, 15) is 4.79 Å². The predicted molar refractivity (Wildman–Crippen MR) is 125 cm³/mol. The lowest BCUT2D eigenvalue weighted by molar-refractivity contribution is 0.0626. The van der Waals surface area contributed by atoms with Gasteiger partial charge in [0.05, 0.1) is 24.9 Å². The fourth-order valence-corrected chi connectivity index (χ4v) is 4.62. The second kappa shape index (κ2) is 9.83. The second-order valence-electron chi connectivity index (χ2n) is 8.83. The van der Waals surface area contributed by atoms with Gasteiger partial charge in [-0.15, -0.1) is 17.9 Å². The molecule has 2 aromatic rings. The normalized spacial score (nSPS) is 15.1. The van der Waals surface area contributed by atoms with E-state index in [0.29, 0.717) is 36.6 Å². The van der Waals surface area contributed by atoms with Crippen LogP contribution in [0.4, 0.5) is 0 Å². The number of amides is 1. The maximum atomic E-state index is 13.2. The first-order valence-electron chi connectivity index (χ1n) is 10.6. The molecule has 0 saturated carbocycles. The third-order valence-corrected chi connectivity index (χ3v) is 6.72. The average molecular weight is 444 g/mol. The molecule has 1 saturated heterocycles. The Labute approximate surface area is 189 Å². The van der Waals surface area contributed by atoms with E-state index in [1.807, 2.05) is 11.0 Å². The molecule has 0 unspecified atom stereocenters. The Morgan fingerprint density at radius 1 is 1.19 bits per heavy atom. The molecule has 1 aliphatic rings. The smallest absolute Gasteiger partial charge is 0.254 e. The minimum atomic E-state index is 0.0228. The Kier molecular flexibility index (Phi) is 7.38. The first-order chi connectivity index (χ1) is 14.8. The maximum absolute atomic E-state index is 13.2. The molecule has 6 nitrogen and oxygen atoms in total. The van der Waals surface area contributed by atoms with Crippen molar-refractivity contribution in [2.75, 3.05) is 40.4 Å². The van der Waals surface area contributed by atoms with Gasteiger partial charge in [0.1, 0.15) is 0 Å². The molecule has 0 aliphatic carbocycles. The van der Waals surface area contributed by atoms with Gasteiger partial charge in [-0.3, -0.25) is 9.69 Å². The second-order valence-corrected chi connectivity index (χ2v) is 9.68. The molecule has 168 valence electrons. The Morgan fingerprint density at radius 3 is 2.45 bits per heavy atom. The standard InChI is InChI=1S/C24H33N3O3S/c1-7-8-17-13-18(14-20(29-5)21(17)30-6)22(28)27-11-9-26(10-12-27)15-19-16-31-23(25-19)24(2,3)4/h7,13-14,16H,1,8-12,15H2,2-6H3. The highest BCUT2D eigenvalue weighted by Crippen LogP contribution is 2.34. The van der Waals surface area contributed by atoms with Gasteiger partial charge in [0.15, 0.2) is 11.5 Å². The van der Waals surface area contributed by atoms with Gasteiger partial charge in [-0.25, -0.2) is 4.98 Å². The van der Waals surface area contributed by atoms with Crippen LogP contribution in [0.2, 0.25) is 0 Å². The predicted octanol–water partition coefficient (Wildman–Crippen LogP) is 4.14. The number of rotatable bonds is 7. The molecule has 1 fully saturated rings. The van der Waals surface area contributed by atoms with Crippen LogP contribution in [-0.4, -0.2) is 61.1 Å². The third kappa shape index (κ3) is 5.46. The van der Waals surface area contributed by atoms with E-state index in [1.165, 1.54) is 5.01 Å². The van der Waals surface area contributed by atoms with E-state index in [4.69, 9.17) is 14.5 Å². The van der Waals surface area contributed by atoms with Crippen molar-refractivity contribution in [1.29, 1.82) is 0 Å². The lowest BCUT2D eigenvalue weighted by Gasteiger charge is -2.34. The van der Waals surface area contributed by atoms with Crippen LogP contribution >= 0.6 is 11.3 Å². The number of piperazine rings is 1. The number of thiazole rings is 1. The van der Waals surface area contributed by atoms with Gasteiger partial charge in [0.2, 0.25) is 0 Å². The van der Waals surface area contributed by atoms with Gasteiger partial charge in [-0.05, 0) is 18.6 Å². The SMILES string of the molecule is C=CCc1cc(C(=O)N2CCN(Cc3csc(C(C)(C)C)n3)CC2)cc(OC)c1OC. The number of carbonyl (C=O) groups excluding carboxylic acids is 1. The zero-order chi connectivity index (χ0) is 22.6. The van der Waals surface area contributed by atoms with E-state index in [0.717, 1.165) is 30.9 Å². The van der Waals surface area contributed by atoms with Crippen LogP contribution in [0.5, 0.6) is 11.5 Å². The summed E-state index contributed by atoms with van der Waals surface area (Å²) in [5.74, 6) is 1.25. The average Bonchev–Trinajstić information content (AvgIpc) is 3.22. The topological polar surface area (TPSA) is 54.9 Å². The van der Waals surface area contributed by atoms with Crippen molar-refractivity contribution in [2.45, 2.75) is 39.2 Å². The van der Waals surface area contributed by atoms with Crippen LogP contribution in [-0.2, 0) is 18.4 Å². The molecule has 7 heteroatoms. The van der Waals surface area contributed by atoms with Crippen molar-refractivity contribution in [3.05, 3.63) is 52.0 Å². The highest BCUT2D eigenvalue weighted by molar-refractivity contribution is 7.09. The molecular formula is C24H33N3O3S. The molecule has 1 aromatic carbocycles. The summed E-state index contributed by atoms with van der Waals surface area (Å²) in [6, 6.07) is 3.66. The maximum Gasteiger partial charge on any atom is 0.254 e. The van der Waals surface area contributed by atoms with E-state index < -0.39 is 0 Å². The molecule has 0 bridgehead atoms. The largest absolute Gasteiger partial charge is 0.493 e. The van der Waals surface area contributed by atoms with E-state index in [2.05, 4.69) is 37.6 Å². The summed E-state index contributed by atoms with van der Waals surface area (Å²) in [7, 11) is 3.20. The van der Waals surface area contributed by atoms with Crippen LogP contribution in [0.15, 0.2) is 30.2 Å². The van der Waals surface area contributed by atoms with E-state index in [-0.39, 0.29) is 11.3 Å². The number of aromatic nitrogens is 1. The lowest BCUT2D eigenvalue weighted by atomic mass is 9.98. The van der Waals surface area contributed by atoms with Crippen LogP contribution in [0, 0.1) is 0 Å². The quantitative estimate of drug-likeness (QED) is 0.602. The number of hydrogen-bond acceptors (Lipinski definition) is 6. The number of ether oxygens (including phenoxy) is 2. The molecule has 1 aliphatic heterocycles. The van der Waals surface area contributed by atoms with E-state index >= 15 is 0 Å². The minimum absolute atomic E-state index is 0.0228. The number of carbonyl (C=O) groups is 1. The number of allylic oxidation sites excluding steroid dienone is 1. The van der Waals surface area contributed by atoms with Crippen LogP contribution in [0.3, 0.4) is 0 Å². The molecular weight excluding hydrogens is 410 g/mol. The summed E-state index contributed by atoms with van der Waals surface area (Å²) < 4.78 is 11.0. The van der Waals surface area contributed by atoms with Crippen molar-refractivity contribution < 1.29 is 14.3 Å². The number of hydrogen-bond donors (Lipinski definition) is 0. The highest BCUT2D eigenvalue weighted by atomic mass is 32.1. The highest BCUT2D eigenvalue weighted by Gasteiger charge is 2.25. The number of nitrogens with zero attached hydrogens (tertiary/aromatic N) is 3. The fraction of sp³-hybridized carbons (Fsp3) is 0.500. The fourth-order valence-electron chi connectivity index (χ4n) is 3.72.